The van der Waals surface area contributed by atoms with Gasteiger partial charge in [0, 0.05) is 18.3 Å². The number of benzene rings is 2. The van der Waals surface area contributed by atoms with Gasteiger partial charge in [-0.1, -0.05) is 42.5 Å². The molecule has 0 spiro atoms. The summed E-state index contributed by atoms with van der Waals surface area (Å²) < 4.78 is 0. The molecular weight excluding hydrogens is 446 g/mol. The Morgan fingerprint density at radius 3 is 2.71 bits per heavy atom. The van der Waals surface area contributed by atoms with Crippen LogP contribution in [0.4, 0.5) is 21.9 Å². The number of carbonyl (C=O) groups excluding carboxylic acids is 2. The molecule has 1 saturated carbocycles. The summed E-state index contributed by atoms with van der Waals surface area (Å²) in [5, 5.41) is 6.80. The third kappa shape index (κ3) is 3.43. The number of amides is 3. The van der Waals surface area contributed by atoms with Gasteiger partial charge in [-0.05, 0) is 48.6 Å². The number of hydrogen-bond acceptors (Lipinski definition) is 5. The van der Waals surface area contributed by atoms with Crippen LogP contribution in [0, 0.1) is 0 Å². The first kappa shape index (κ1) is 20.8. The van der Waals surface area contributed by atoms with Crippen LogP contribution in [0.3, 0.4) is 0 Å². The number of anilines is 3. The Morgan fingerprint density at radius 2 is 1.91 bits per heavy atom. The molecule has 0 unspecified atom stereocenters. The van der Waals surface area contributed by atoms with Gasteiger partial charge in [-0.3, -0.25) is 9.69 Å². The summed E-state index contributed by atoms with van der Waals surface area (Å²) in [6, 6.07) is 19.3. The second kappa shape index (κ2) is 8.23. The van der Waals surface area contributed by atoms with Gasteiger partial charge in [0.2, 0.25) is 0 Å². The monoisotopic (exact) mass is 469 g/mol. The first-order chi connectivity index (χ1) is 16.6. The highest BCUT2D eigenvalue weighted by atomic mass is 32.1. The number of nitrogens with two attached hydrogens (primary N) is 1. The lowest BCUT2D eigenvalue weighted by Gasteiger charge is -2.28. The number of nitrogens with zero attached hydrogens (tertiary/aromatic N) is 2. The number of pyridine rings is 1. The number of hydrogen-bond donors (Lipinski definition) is 3. The van der Waals surface area contributed by atoms with Crippen molar-refractivity contribution in [3.8, 4) is 11.1 Å². The van der Waals surface area contributed by atoms with Crippen molar-refractivity contribution in [2.45, 2.75) is 31.3 Å². The number of urea groups is 1. The van der Waals surface area contributed by atoms with E-state index in [9.17, 15) is 9.59 Å². The zero-order valence-corrected chi connectivity index (χ0v) is 19.1. The molecule has 7 nitrogen and oxygen atoms in total. The zero-order chi connectivity index (χ0) is 23.2. The molecule has 6 rings (SSSR count). The van der Waals surface area contributed by atoms with Crippen LogP contribution in [-0.4, -0.2) is 29.0 Å². The minimum atomic E-state index is -0.310. The molecule has 34 heavy (non-hydrogen) atoms. The molecule has 3 heterocycles. The summed E-state index contributed by atoms with van der Waals surface area (Å²) in [4.78, 5) is 33.8. The van der Waals surface area contributed by atoms with Crippen molar-refractivity contribution in [1.29, 1.82) is 0 Å². The molecule has 4 N–H and O–H groups in total. The molecule has 1 fully saturated rings. The quantitative estimate of drug-likeness (QED) is 0.380. The molecule has 0 radical (unpaired) electrons. The smallest absolute Gasteiger partial charge is 0.331 e. The fourth-order valence-electron chi connectivity index (χ4n) is 4.86. The Labute approximate surface area is 200 Å². The molecule has 2 aromatic heterocycles. The lowest BCUT2D eigenvalue weighted by atomic mass is 10.0. The van der Waals surface area contributed by atoms with Crippen LogP contribution < -0.4 is 21.3 Å². The molecule has 1 aliphatic carbocycles. The van der Waals surface area contributed by atoms with Crippen molar-refractivity contribution < 1.29 is 9.59 Å². The maximum Gasteiger partial charge on any atom is 0.331 e. The molecule has 1 aliphatic heterocycles. The van der Waals surface area contributed by atoms with Crippen molar-refractivity contribution >= 4 is 50.6 Å². The SMILES string of the molecule is N[C@H]1CCC[C@H]1NC(=O)c1sc2nccc3c2c1NC(=O)N3c1cccc(-c2ccccc2)c1. The predicted octanol–water partition coefficient (Wildman–Crippen LogP) is 5.26. The van der Waals surface area contributed by atoms with Crippen LogP contribution in [-0.2, 0) is 0 Å². The molecule has 2 aromatic carbocycles. The van der Waals surface area contributed by atoms with Gasteiger partial charge < -0.3 is 16.4 Å². The molecule has 0 saturated heterocycles. The highest BCUT2D eigenvalue weighted by molar-refractivity contribution is 7.21. The van der Waals surface area contributed by atoms with E-state index >= 15 is 0 Å². The van der Waals surface area contributed by atoms with Crippen molar-refractivity contribution in [2.24, 2.45) is 5.73 Å². The fraction of sp³-hybridized carbons (Fsp3) is 0.192. The van der Waals surface area contributed by atoms with E-state index in [2.05, 4.69) is 15.6 Å². The van der Waals surface area contributed by atoms with Gasteiger partial charge >= 0.3 is 6.03 Å². The highest BCUT2D eigenvalue weighted by Crippen LogP contribution is 2.46. The van der Waals surface area contributed by atoms with Crippen LogP contribution in [0.1, 0.15) is 28.9 Å². The second-order valence-electron chi connectivity index (χ2n) is 8.67. The molecule has 0 bridgehead atoms. The standard InChI is InChI=1S/C26H23N5O2S/c27-18-10-5-11-19(18)29-24(32)23-22-21-20(12-13-28-25(21)34-23)31(26(33)30-22)17-9-4-8-16(14-17)15-6-2-1-3-7-15/h1-4,6-9,12-14,18-19H,5,10-11,27H2,(H,29,32)(H,30,33)/t18-,19+/m0/s1. The first-order valence-corrected chi connectivity index (χ1v) is 12.2. The minimum Gasteiger partial charge on any atom is -0.347 e. The first-order valence-electron chi connectivity index (χ1n) is 11.3. The van der Waals surface area contributed by atoms with Crippen LogP contribution in [0.2, 0.25) is 0 Å². The van der Waals surface area contributed by atoms with Crippen molar-refractivity contribution in [3.63, 3.8) is 0 Å². The van der Waals surface area contributed by atoms with Gasteiger partial charge in [0.15, 0.2) is 0 Å². The van der Waals surface area contributed by atoms with Crippen LogP contribution in [0.5, 0.6) is 0 Å². The molecule has 2 atom stereocenters. The Kier molecular flexibility index (Phi) is 5.04. The van der Waals surface area contributed by atoms with Gasteiger partial charge in [-0.25, -0.2) is 9.78 Å². The van der Waals surface area contributed by atoms with E-state index in [-0.39, 0.29) is 24.0 Å². The summed E-state index contributed by atoms with van der Waals surface area (Å²) in [5.41, 5.74) is 10.2. The molecular formula is C26H23N5O2S. The van der Waals surface area contributed by atoms with Crippen molar-refractivity contribution in [3.05, 3.63) is 71.7 Å². The highest BCUT2D eigenvalue weighted by Gasteiger charge is 2.34. The average molecular weight is 470 g/mol. The third-order valence-corrected chi connectivity index (χ3v) is 7.65. The normalized spacial score (nSPS) is 19.3. The lowest BCUT2D eigenvalue weighted by Crippen LogP contribution is -2.44. The third-order valence-electron chi connectivity index (χ3n) is 6.55. The zero-order valence-electron chi connectivity index (χ0n) is 18.3. The predicted molar refractivity (Wildman–Crippen MR) is 136 cm³/mol. The molecule has 170 valence electrons. The molecule has 2 aliphatic rings. The minimum absolute atomic E-state index is 0.0367. The summed E-state index contributed by atoms with van der Waals surface area (Å²) in [6.07, 6.45) is 4.46. The van der Waals surface area contributed by atoms with E-state index in [0.717, 1.165) is 41.5 Å². The van der Waals surface area contributed by atoms with E-state index in [0.29, 0.717) is 21.1 Å². The maximum absolute atomic E-state index is 13.4. The van der Waals surface area contributed by atoms with E-state index in [1.807, 2.05) is 60.7 Å². The number of nitrogens with one attached hydrogen (secondary N) is 2. The second-order valence-corrected chi connectivity index (χ2v) is 9.67. The van der Waals surface area contributed by atoms with E-state index < -0.39 is 0 Å². The van der Waals surface area contributed by atoms with Crippen LogP contribution in [0.25, 0.3) is 21.3 Å². The largest absolute Gasteiger partial charge is 0.347 e. The number of carbonyl (C=O) groups is 2. The lowest BCUT2D eigenvalue weighted by molar-refractivity contribution is 0.0939. The fourth-order valence-corrected chi connectivity index (χ4v) is 5.88. The van der Waals surface area contributed by atoms with Gasteiger partial charge in [-0.15, -0.1) is 11.3 Å². The topological polar surface area (TPSA) is 100 Å². The van der Waals surface area contributed by atoms with E-state index in [4.69, 9.17) is 5.73 Å². The summed E-state index contributed by atoms with van der Waals surface area (Å²) >= 11 is 1.29. The van der Waals surface area contributed by atoms with Crippen molar-refractivity contribution in [2.75, 3.05) is 10.2 Å². The summed E-state index contributed by atoms with van der Waals surface area (Å²) in [7, 11) is 0. The van der Waals surface area contributed by atoms with E-state index in [1.54, 1.807) is 11.1 Å². The molecule has 3 amide bonds. The van der Waals surface area contributed by atoms with Gasteiger partial charge in [0.05, 0.1) is 22.4 Å². The summed E-state index contributed by atoms with van der Waals surface area (Å²) in [5.74, 6) is -0.217. The van der Waals surface area contributed by atoms with E-state index in [1.165, 1.54) is 11.3 Å². The van der Waals surface area contributed by atoms with Gasteiger partial charge in [0.25, 0.3) is 5.91 Å². The average Bonchev–Trinajstić information content (AvgIpc) is 3.44. The number of aromatic nitrogens is 1. The van der Waals surface area contributed by atoms with Gasteiger partial charge in [-0.2, -0.15) is 0 Å². The van der Waals surface area contributed by atoms with Gasteiger partial charge in [0.1, 0.15) is 9.71 Å². The maximum atomic E-state index is 13.4. The van der Waals surface area contributed by atoms with Crippen molar-refractivity contribution in [1.82, 2.24) is 10.3 Å². The number of thiophene rings is 1. The Morgan fingerprint density at radius 1 is 1.09 bits per heavy atom. The molecule has 4 aromatic rings. The Balaban J connectivity index is 1.41. The Bertz CT molecular complexity index is 1420. The number of rotatable bonds is 4. The Hall–Kier alpha value is -3.75. The van der Waals surface area contributed by atoms with Crippen LogP contribution >= 0.6 is 11.3 Å². The van der Waals surface area contributed by atoms with Crippen LogP contribution in [0.15, 0.2) is 66.9 Å². The molecule has 8 heteroatoms. The summed E-state index contributed by atoms with van der Waals surface area (Å²) in [6.45, 7) is 0.